The maximum atomic E-state index is 12.0. The van der Waals surface area contributed by atoms with E-state index >= 15 is 0 Å². The van der Waals surface area contributed by atoms with Crippen LogP contribution in [0.15, 0.2) is 20.7 Å². The van der Waals surface area contributed by atoms with E-state index in [9.17, 15) is 14.7 Å². The van der Waals surface area contributed by atoms with Crippen LogP contribution in [0.4, 0.5) is 0 Å². The molecule has 0 spiro atoms. The summed E-state index contributed by atoms with van der Waals surface area (Å²) in [7, 11) is 0. The average Bonchev–Trinajstić information content (AvgIpc) is 2.93. The zero-order valence-corrected chi connectivity index (χ0v) is 13.9. The van der Waals surface area contributed by atoms with Crippen LogP contribution in [0.25, 0.3) is 0 Å². The maximum Gasteiger partial charge on any atom is 0.307 e. The Morgan fingerprint density at radius 1 is 1.45 bits per heavy atom. The fourth-order valence-electron chi connectivity index (χ4n) is 2.33. The van der Waals surface area contributed by atoms with Crippen molar-refractivity contribution >= 4 is 17.2 Å². The maximum absolute atomic E-state index is 12.0. The Kier molecular flexibility index (Phi) is 4.58. The molecule has 22 heavy (non-hydrogen) atoms. The molecule has 0 aliphatic heterocycles. The lowest BCUT2D eigenvalue weighted by Crippen LogP contribution is -2.40. The number of carbonyl (C=O) groups excluding carboxylic acids is 1. The van der Waals surface area contributed by atoms with Crippen LogP contribution in [0.3, 0.4) is 0 Å². The predicted octanol–water partition coefficient (Wildman–Crippen LogP) is 1.45. The standard InChI is InChI=1S/C15H20N2O4S/c1-9-7-22-14(19)17(9)6-13(18)16-8-15(4,20)12-5-10(2)21-11(12)3/h5,7,20H,6,8H2,1-4H3,(H,16,18). The summed E-state index contributed by atoms with van der Waals surface area (Å²) in [5.41, 5.74) is 0.166. The van der Waals surface area contributed by atoms with Gasteiger partial charge in [-0.05, 0) is 33.8 Å². The second-order valence-electron chi connectivity index (χ2n) is 5.61. The van der Waals surface area contributed by atoms with Crippen LogP contribution in [-0.4, -0.2) is 22.1 Å². The number of furan rings is 1. The van der Waals surface area contributed by atoms with Crippen molar-refractivity contribution in [2.75, 3.05) is 6.54 Å². The number of hydrogen-bond acceptors (Lipinski definition) is 5. The number of carbonyl (C=O) groups is 1. The van der Waals surface area contributed by atoms with E-state index in [4.69, 9.17) is 4.42 Å². The minimum Gasteiger partial charge on any atom is -0.466 e. The Balaban J connectivity index is 2.01. The van der Waals surface area contributed by atoms with Crippen molar-refractivity contribution in [3.63, 3.8) is 0 Å². The molecule has 120 valence electrons. The van der Waals surface area contributed by atoms with Crippen LogP contribution in [0.2, 0.25) is 0 Å². The number of amides is 1. The third-order valence-electron chi connectivity index (χ3n) is 3.53. The van der Waals surface area contributed by atoms with E-state index in [0.29, 0.717) is 17.1 Å². The normalized spacial score (nSPS) is 13.9. The van der Waals surface area contributed by atoms with Crippen molar-refractivity contribution in [2.45, 2.75) is 39.8 Å². The van der Waals surface area contributed by atoms with Crippen LogP contribution in [0.1, 0.15) is 29.7 Å². The second kappa shape index (κ2) is 6.10. The SMILES string of the molecule is Cc1cc(C(C)(O)CNC(=O)Cn2c(C)csc2=O)c(C)o1. The highest BCUT2D eigenvalue weighted by atomic mass is 32.1. The lowest BCUT2D eigenvalue weighted by molar-refractivity contribution is -0.122. The summed E-state index contributed by atoms with van der Waals surface area (Å²) in [6.45, 7) is 6.96. The summed E-state index contributed by atoms with van der Waals surface area (Å²) in [6.07, 6.45) is 0. The average molecular weight is 324 g/mol. The number of thiazole rings is 1. The molecule has 2 rings (SSSR count). The van der Waals surface area contributed by atoms with Crippen molar-refractivity contribution < 1.29 is 14.3 Å². The first-order valence-electron chi connectivity index (χ1n) is 6.92. The first kappa shape index (κ1) is 16.5. The van der Waals surface area contributed by atoms with E-state index in [1.165, 1.54) is 4.57 Å². The van der Waals surface area contributed by atoms with E-state index < -0.39 is 5.60 Å². The number of hydrogen-bond donors (Lipinski definition) is 2. The molecule has 0 fully saturated rings. The van der Waals surface area contributed by atoms with Gasteiger partial charge >= 0.3 is 4.87 Å². The van der Waals surface area contributed by atoms with Crippen molar-refractivity contribution in [2.24, 2.45) is 0 Å². The second-order valence-corrected chi connectivity index (χ2v) is 6.43. The first-order valence-corrected chi connectivity index (χ1v) is 7.80. The summed E-state index contributed by atoms with van der Waals surface area (Å²) in [5, 5.41) is 14.9. The molecule has 1 amide bonds. The molecular formula is C15H20N2O4S. The molecule has 0 aliphatic carbocycles. The lowest BCUT2D eigenvalue weighted by atomic mass is 9.96. The van der Waals surface area contributed by atoms with Gasteiger partial charge in [-0.2, -0.15) is 0 Å². The van der Waals surface area contributed by atoms with Crippen molar-refractivity contribution in [1.82, 2.24) is 9.88 Å². The highest BCUT2D eigenvalue weighted by Gasteiger charge is 2.28. The first-order chi connectivity index (χ1) is 10.2. The molecule has 2 aromatic heterocycles. The van der Waals surface area contributed by atoms with Gasteiger partial charge in [0.15, 0.2) is 0 Å². The molecule has 0 bridgehead atoms. The van der Waals surface area contributed by atoms with Crippen LogP contribution in [0.5, 0.6) is 0 Å². The van der Waals surface area contributed by atoms with Gasteiger partial charge in [0.25, 0.3) is 0 Å². The summed E-state index contributed by atoms with van der Waals surface area (Å²) in [5.74, 6) is 1.02. The molecule has 0 aromatic carbocycles. The topological polar surface area (TPSA) is 84.5 Å². The van der Waals surface area contributed by atoms with Crippen LogP contribution in [-0.2, 0) is 16.9 Å². The quantitative estimate of drug-likeness (QED) is 0.872. The number of aryl methyl sites for hydroxylation is 3. The fraction of sp³-hybridized carbons (Fsp3) is 0.467. The van der Waals surface area contributed by atoms with Gasteiger partial charge in [-0.15, -0.1) is 0 Å². The minimum absolute atomic E-state index is 0.0452. The molecule has 0 aliphatic rings. The van der Waals surface area contributed by atoms with Gasteiger partial charge in [-0.1, -0.05) is 11.3 Å². The molecular weight excluding hydrogens is 304 g/mol. The van der Waals surface area contributed by atoms with Crippen molar-refractivity contribution in [3.8, 4) is 0 Å². The summed E-state index contributed by atoms with van der Waals surface area (Å²) < 4.78 is 6.81. The van der Waals surface area contributed by atoms with Gasteiger partial charge in [0.2, 0.25) is 5.91 Å². The minimum atomic E-state index is -1.23. The number of nitrogens with one attached hydrogen (secondary N) is 1. The third-order valence-corrected chi connectivity index (χ3v) is 4.41. The molecule has 1 unspecified atom stereocenters. The zero-order valence-electron chi connectivity index (χ0n) is 13.1. The molecule has 6 nitrogen and oxygen atoms in total. The Morgan fingerprint density at radius 3 is 2.64 bits per heavy atom. The molecule has 0 radical (unpaired) electrons. The molecule has 2 heterocycles. The van der Waals surface area contributed by atoms with E-state index in [-0.39, 0.29) is 23.9 Å². The van der Waals surface area contributed by atoms with E-state index in [1.807, 2.05) is 0 Å². The fourth-order valence-corrected chi connectivity index (χ4v) is 3.06. The van der Waals surface area contributed by atoms with Crippen LogP contribution in [0, 0.1) is 20.8 Å². The number of nitrogens with zero attached hydrogens (tertiary/aromatic N) is 1. The van der Waals surface area contributed by atoms with Gasteiger partial charge < -0.3 is 14.8 Å². The van der Waals surface area contributed by atoms with Gasteiger partial charge in [-0.25, -0.2) is 0 Å². The Morgan fingerprint density at radius 2 is 2.14 bits per heavy atom. The Labute approximate surface area is 132 Å². The lowest BCUT2D eigenvalue weighted by Gasteiger charge is -2.23. The Bertz CT molecular complexity index is 739. The number of rotatable bonds is 5. The van der Waals surface area contributed by atoms with Crippen molar-refractivity contribution in [3.05, 3.63) is 43.9 Å². The molecule has 0 saturated heterocycles. The largest absolute Gasteiger partial charge is 0.466 e. The molecule has 0 saturated carbocycles. The molecule has 2 aromatic rings. The van der Waals surface area contributed by atoms with Gasteiger partial charge in [0, 0.05) is 16.6 Å². The van der Waals surface area contributed by atoms with Gasteiger partial charge in [0.1, 0.15) is 23.7 Å². The van der Waals surface area contributed by atoms with Gasteiger partial charge in [-0.3, -0.25) is 14.2 Å². The molecule has 1 atom stereocenters. The van der Waals surface area contributed by atoms with E-state index in [0.717, 1.165) is 17.0 Å². The summed E-state index contributed by atoms with van der Waals surface area (Å²) >= 11 is 1.06. The number of aliphatic hydroxyl groups is 1. The predicted molar refractivity (Wildman–Crippen MR) is 84.1 cm³/mol. The third kappa shape index (κ3) is 3.48. The zero-order chi connectivity index (χ0) is 16.5. The van der Waals surface area contributed by atoms with E-state index in [2.05, 4.69) is 5.32 Å². The smallest absolute Gasteiger partial charge is 0.307 e. The van der Waals surface area contributed by atoms with Crippen molar-refractivity contribution in [1.29, 1.82) is 0 Å². The summed E-state index contributed by atoms with van der Waals surface area (Å²) in [6, 6.07) is 1.76. The highest BCUT2D eigenvalue weighted by molar-refractivity contribution is 7.07. The highest BCUT2D eigenvalue weighted by Crippen LogP contribution is 2.26. The van der Waals surface area contributed by atoms with Gasteiger partial charge in [0.05, 0.1) is 6.54 Å². The van der Waals surface area contributed by atoms with Crippen LogP contribution >= 0.6 is 11.3 Å². The van der Waals surface area contributed by atoms with E-state index in [1.54, 1.807) is 39.1 Å². The molecule has 7 heteroatoms. The molecule has 2 N–H and O–H groups in total. The Hall–Kier alpha value is -1.86. The summed E-state index contributed by atoms with van der Waals surface area (Å²) in [4.78, 5) is 23.4. The van der Waals surface area contributed by atoms with Crippen LogP contribution < -0.4 is 10.2 Å². The monoisotopic (exact) mass is 324 g/mol. The number of aromatic nitrogens is 1.